The first-order valence-corrected chi connectivity index (χ1v) is 7.85. The van der Waals surface area contributed by atoms with Crippen molar-refractivity contribution >= 4 is 29.2 Å². The molecule has 0 saturated heterocycles. The third-order valence-corrected chi connectivity index (χ3v) is 3.49. The number of carbonyl (C=O) groups is 2. The Morgan fingerprint density at radius 3 is 2.48 bits per heavy atom. The maximum atomic E-state index is 11.8. The summed E-state index contributed by atoms with van der Waals surface area (Å²) < 4.78 is 15.3. The summed E-state index contributed by atoms with van der Waals surface area (Å²) in [5.41, 5.74) is 1.43. The number of hydrogen-bond donors (Lipinski definition) is 1. The number of carbonyl (C=O) groups excluding carboxylic acids is 2. The lowest BCUT2D eigenvalue weighted by molar-refractivity contribution is -0.149. The second-order valence-corrected chi connectivity index (χ2v) is 5.54. The van der Waals surface area contributed by atoms with Crippen molar-refractivity contribution in [2.24, 2.45) is 0 Å². The highest BCUT2D eigenvalue weighted by atomic mass is 35.5. The van der Waals surface area contributed by atoms with Gasteiger partial charge < -0.3 is 19.5 Å². The number of halogens is 1. The lowest BCUT2D eigenvalue weighted by Crippen LogP contribution is -2.23. The van der Waals surface area contributed by atoms with Gasteiger partial charge in [0.2, 0.25) is 0 Å². The fourth-order valence-corrected chi connectivity index (χ4v) is 2.25. The van der Waals surface area contributed by atoms with Crippen molar-refractivity contribution in [3.05, 3.63) is 53.1 Å². The molecule has 1 N–H and O–H groups in total. The quantitative estimate of drug-likeness (QED) is 0.764. The van der Waals surface area contributed by atoms with Crippen LogP contribution in [0.25, 0.3) is 0 Å². The average Bonchev–Trinajstić information content (AvgIpc) is 2.60. The molecule has 0 spiro atoms. The lowest BCUT2D eigenvalue weighted by atomic mass is 10.2. The second kappa shape index (κ2) is 8.94. The van der Waals surface area contributed by atoms with E-state index >= 15 is 0 Å². The highest BCUT2D eigenvalue weighted by Gasteiger charge is 2.11. The van der Waals surface area contributed by atoms with Crippen molar-refractivity contribution in [2.45, 2.75) is 6.92 Å². The van der Waals surface area contributed by atoms with Crippen molar-refractivity contribution in [3.8, 4) is 11.5 Å². The van der Waals surface area contributed by atoms with Crippen LogP contribution in [0.1, 0.15) is 5.56 Å². The van der Waals surface area contributed by atoms with Gasteiger partial charge >= 0.3 is 5.97 Å². The number of nitrogens with one attached hydrogen (secondary N) is 1. The van der Waals surface area contributed by atoms with Crippen molar-refractivity contribution < 1.29 is 23.8 Å². The van der Waals surface area contributed by atoms with Gasteiger partial charge in [0.05, 0.1) is 17.8 Å². The monoisotopic (exact) mass is 363 g/mol. The second-order valence-electron chi connectivity index (χ2n) is 5.13. The molecule has 7 heteroatoms. The highest BCUT2D eigenvalue weighted by molar-refractivity contribution is 6.33. The predicted octanol–water partition coefficient (Wildman–Crippen LogP) is 3.22. The van der Waals surface area contributed by atoms with Gasteiger partial charge in [-0.3, -0.25) is 4.79 Å². The molecule has 2 rings (SSSR count). The van der Waals surface area contributed by atoms with Gasteiger partial charge in [-0.15, -0.1) is 0 Å². The minimum Gasteiger partial charge on any atom is -0.493 e. The van der Waals surface area contributed by atoms with E-state index in [4.69, 9.17) is 25.8 Å². The van der Waals surface area contributed by atoms with E-state index < -0.39 is 18.5 Å². The van der Waals surface area contributed by atoms with E-state index in [9.17, 15) is 9.59 Å². The van der Waals surface area contributed by atoms with Gasteiger partial charge in [-0.2, -0.15) is 0 Å². The highest BCUT2D eigenvalue weighted by Crippen LogP contribution is 2.25. The van der Waals surface area contributed by atoms with E-state index in [1.165, 1.54) is 7.11 Å². The molecule has 0 aliphatic rings. The van der Waals surface area contributed by atoms with Gasteiger partial charge in [0.1, 0.15) is 0 Å². The van der Waals surface area contributed by atoms with Crippen LogP contribution in [0, 0.1) is 6.92 Å². The van der Waals surface area contributed by atoms with Crippen LogP contribution in [0.5, 0.6) is 11.5 Å². The zero-order chi connectivity index (χ0) is 18.2. The molecule has 0 aliphatic carbocycles. The molecule has 2 aromatic carbocycles. The number of amides is 1. The van der Waals surface area contributed by atoms with E-state index in [1.54, 1.807) is 36.4 Å². The molecule has 0 radical (unpaired) electrons. The molecular formula is C18H18ClNO5. The molecule has 0 aliphatic heterocycles. The fourth-order valence-electron chi connectivity index (χ4n) is 1.97. The maximum absolute atomic E-state index is 11.8. The summed E-state index contributed by atoms with van der Waals surface area (Å²) in [6, 6.07) is 12.1. The smallest absolute Gasteiger partial charge is 0.344 e. The molecule has 0 atom stereocenters. The van der Waals surface area contributed by atoms with Crippen LogP contribution in [0.4, 0.5) is 5.69 Å². The van der Waals surface area contributed by atoms with Gasteiger partial charge in [0.15, 0.2) is 24.7 Å². The summed E-state index contributed by atoms with van der Waals surface area (Å²) in [5, 5.41) is 2.99. The molecule has 6 nitrogen and oxygen atoms in total. The van der Waals surface area contributed by atoms with Gasteiger partial charge in [-0.1, -0.05) is 29.8 Å². The maximum Gasteiger partial charge on any atom is 0.344 e. The zero-order valence-corrected chi connectivity index (χ0v) is 14.6. The summed E-state index contributed by atoms with van der Waals surface area (Å²) in [4.78, 5) is 23.5. The summed E-state index contributed by atoms with van der Waals surface area (Å²) in [7, 11) is 1.50. The number of ether oxygens (including phenoxy) is 3. The summed E-state index contributed by atoms with van der Waals surface area (Å²) in [5.74, 6) is -0.243. The number of methoxy groups -OCH3 is 1. The minimum atomic E-state index is -0.670. The van der Waals surface area contributed by atoms with Crippen LogP contribution in [0.3, 0.4) is 0 Å². The molecule has 0 saturated carbocycles. The first kappa shape index (κ1) is 18.6. The molecule has 2 aromatic rings. The number of rotatable bonds is 7. The predicted molar refractivity (Wildman–Crippen MR) is 94.3 cm³/mol. The molecule has 0 heterocycles. The van der Waals surface area contributed by atoms with Gasteiger partial charge in [0.25, 0.3) is 5.91 Å². The van der Waals surface area contributed by atoms with E-state index in [0.717, 1.165) is 5.56 Å². The van der Waals surface area contributed by atoms with Crippen molar-refractivity contribution in [3.63, 3.8) is 0 Å². The summed E-state index contributed by atoms with van der Waals surface area (Å²) in [6.07, 6.45) is 0. The Hall–Kier alpha value is -2.73. The number of benzene rings is 2. The minimum absolute atomic E-state index is 0.334. The molecule has 1 amide bonds. The molecule has 0 bridgehead atoms. The Balaban J connectivity index is 1.78. The number of anilines is 1. The largest absolute Gasteiger partial charge is 0.493 e. The number of para-hydroxylation sites is 2. The Kier molecular flexibility index (Phi) is 6.65. The van der Waals surface area contributed by atoms with E-state index in [1.807, 2.05) is 13.0 Å². The van der Waals surface area contributed by atoms with Crippen molar-refractivity contribution in [1.82, 2.24) is 0 Å². The Morgan fingerprint density at radius 2 is 1.80 bits per heavy atom. The molecule has 132 valence electrons. The number of aryl methyl sites for hydroxylation is 1. The topological polar surface area (TPSA) is 73.9 Å². The lowest BCUT2D eigenvalue weighted by Gasteiger charge is -2.11. The molecule has 0 aromatic heterocycles. The Bertz CT molecular complexity index is 763. The molecule has 0 unspecified atom stereocenters. The van der Waals surface area contributed by atoms with Gasteiger partial charge in [0, 0.05) is 0 Å². The first-order chi connectivity index (χ1) is 12.0. The zero-order valence-electron chi connectivity index (χ0n) is 13.9. The Morgan fingerprint density at radius 1 is 1.08 bits per heavy atom. The molecular weight excluding hydrogens is 346 g/mol. The van der Waals surface area contributed by atoms with Crippen LogP contribution < -0.4 is 14.8 Å². The standard InChI is InChI=1S/C18H18ClNO5/c1-12-7-8-14(13(19)9-12)20-17(21)10-25-18(22)11-24-16-6-4-3-5-15(16)23-2/h3-9H,10-11H2,1-2H3,(H,20,21). The van der Waals surface area contributed by atoms with Crippen molar-refractivity contribution in [2.75, 3.05) is 25.6 Å². The number of hydrogen-bond acceptors (Lipinski definition) is 5. The van der Waals surface area contributed by atoms with E-state index in [0.29, 0.717) is 22.2 Å². The SMILES string of the molecule is COc1ccccc1OCC(=O)OCC(=O)Nc1ccc(C)cc1Cl. The van der Waals surface area contributed by atoms with Crippen LogP contribution in [0.15, 0.2) is 42.5 Å². The fraction of sp³-hybridized carbons (Fsp3) is 0.222. The summed E-state index contributed by atoms with van der Waals surface area (Å²) >= 11 is 6.03. The number of esters is 1. The first-order valence-electron chi connectivity index (χ1n) is 7.47. The van der Waals surface area contributed by atoms with Crippen LogP contribution in [-0.4, -0.2) is 32.2 Å². The normalized spacial score (nSPS) is 10.0. The van der Waals surface area contributed by atoms with Crippen LogP contribution in [0.2, 0.25) is 5.02 Å². The molecule has 0 fully saturated rings. The van der Waals surface area contributed by atoms with E-state index in [-0.39, 0.29) is 6.61 Å². The van der Waals surface area contributed by atoms with Crippen molar-refractivity contribution in [1.29, 1.82) is 0 Å². The van der Waals surface area contributed by atoms with Gasteiger partial charge in [-0.25, -0.2) is 4.79 Å². The summed E-state index contributed by atoms with van der Waals surface area (Å²) in [6.45, 7) is 1.12. The third kappa shape index (κ3) is 5.69. The average molecular weight is 364 g/mol. The van der Waals surface area contributed by atoms with E-state index in [2.05, 4.69) is 5.32 Å². The molecule has 25 heavy (non-hydrogen) atoms. The van der Waals surface area contributed by atoms with Gasteiger partial charge in [-0.05, 0) is 36.8 Å². The Labute approximate surface area is 150 Å². The van der Waals surface area contributed by atoms with Crippen LogP contribution >= 0.6 is 11.6 Å². The van der Waals surface area contributed by atoms with Crippen LogP contribution in [-0.2, 0) is 14.3 Å². The third-order valence-electron chi connectivity index (χ3n) is 3.18.